The van der Waals surface area contributed by atoms with Crippen LogP contribution in [-0.2, 0) is 0 Å². The van der Waals surface area contributed by atoms with Crippen LogP contribution in [0.4, 0.5) is 16.2 Å². The molecule has 0 atom stereocenters. The van der Waals surface area contributed by atoms with Crippen LogP contribution in [0.2, 0.25) is 10.0 Å². The Labute approximate surface area is 133 Å². The third-order valence-corrected chi connectivity index (χ3v) is 3.33. The van der Waals surface area contributed by atoms with Gasteiger partial charge in [-0.15, -0.1) is 0 Å². The van der Waals surface area contributed by atoms with Crippen molar-refractivity contribution in [2.75, 3.05) is 17.7 Å². The molecule has 0 aliphatic carbocycles. The SMILES string of the molecule is COc1ccc(Cl)cc1NC(=O)Nc1cc(Cl)ccc1C. The van der Waals surface area contributed by atoms with Gasteiger partial charge in [0.2, 0.25) is 0 Å². The predicted molar refractivity (Wildman–Crippen MR) is 86.8 cm³/mol. The van der Waals surface area contributed by atoms with Gasteiger partial charge in [0.25, 0.3) is 0 Å². The molecule has 0 unspecified atom stereocenters. The average Bonchev–Trinajstić information content (AvgIpc) is 2.43. The maximum atomic E-state index is 12.1. The molecule has 0 saturated heterocycles. The Hall–Kier alpha value is -1.91. The Morgan fingerprint density at radius 1 is 1.00 bits per heavy atom. The van der Waals surface area contributed by atoms with Crippen molar-refractivity contribution in [3.8, 4) is 5.75 Å². The van der Waals surface area contributed by atoms with Crippen LogP contribution in [0.1, 0.15) is 5.56 Å². The van der Waals surface area contributed by atoms with Gasteiger partial charge in [-0.3, -0.25) is 0 Å². The fourth-order valence-electron chi connectivity index (χ4n) is 1.78. The highest BCUT2D eigenvalue weighted by Crippen LogP contribution is 2.28. The van der Waals surface area contributed by atoms with Gasteiger partial charge in [0.1, 0.15) is 5.75 Å². The summed E-state index contributed by atoms with van der Waals surface area (Å²) in [6.45, 7) is 1.88. The summed E-state index contributed by atoms with van der Waals surface area (Å²) < 4.78 is 5.17. The van der Waals surface area contributed by atoms with Crippen LogP contribution in [0.15, 0.2) is 36.4 Å². The van der Waals surface area contributed by atoms with Crippen molar-refractivity contribution in [1.82, 2.24) is 0 Å². The number of ether oxygens (including phenoxy) is 1. The van der Waals surface area contributed by atoms with Crippen LogP contribution in [0.3, 0.4) is 0 Å². The number of rotatable bonds is 3. The maximum Gasteiger partial charge on any atom is 0.323 e. The lowest BCUT2D eigenvalue weighted by molar-refractivity contribution is 0.262. The van der Waals surface area contributed by atoms with Gasteiger partial charge in [-0.25, -0.2) is 4.79 Å². The number of halogens is 2. The Kier molecular flexibility index (Phi) is 4.94. The summed E-state index contributed by atoms with van der Waals surface area (Å²) in [6.07, 6.45) is 0. The first-order valence-corrected chi connectivity index (χ1v) is 6.93. The largest absolute Gasteiger partial charge is 0.495 e. The average molecular weight is 325 g/mol. The highest BCUT2D eigenvalue weighted by Gasteiger charge is 2.09. The molecule has 0 aromatic heterocycles. The molecular formula is C15H14Cl2N2O2. The zero-order chi connectivity index (χ0) is 15.4. The van der Waals surface area contributed by atoms with E-state index in [9.17, 15) is 4.79 Å². The van der Waals surface area contributed by atoms with Gasteiger partial charge in [-0.05, 0) is 42.8 Å². The van der Waals surface area contributed by atoms with Gasteiger partial charge in [-0.1, -0.05) is 29.3 Å². The van der Waals surface area contributed by atoms with E-state index in [2.05, 4.69) is 10.6 Å². The number of anilines is 2. The summed E-state index contributed by atoms with van der Waals surface area (Å²) in [5.41, 5.74) is 2.04. The lowest BCUT2D eigenvalue weighted by atomic mass is 10.2. The van der Waals surface area contributed by atoms with E-state index in [1.54, 1.807) is 30.3 Å². The minimum absolute atomic E-state index is 0.402. The standard InChI is InChI=1S/C15H14Cl2N2O2/c1-9-3-4-10(16)7-12(9)18-15(20)19-13-8-11(17)5-6-14(13)21-2/h3-8H,1-2H3,(H2,18,19,20). The third kappa shape index (κ3) is 4.03. The number of urea groups is 1. The molecule has 0 aliphatic rings. The molecule has 0 bridgehead atoms. The van der Waals surface area contributed by atoms with E-state index in [1.807, 2.05) is 13.0 Å². The number of amides is 2. The Bertz CT molecular complexity index is 675. The highest BCUT2D eigenvalue weighted by molar-refractivity contribution is 6.31. The molecule has 0 fully saturated rings. The van der Waals surface area contributed by atoms with E-state index in [-0.39, 0.29) is 0 Å². The van der Waals surface area contributed by atoms with Crippen molar-refractivity contribution in [3.05, 3.63) is 52.0 Å². The predicted octanol–water partition coefficient (Wildman–Crippen LogP) is 4.95. The van der Waals surface area contributed by atoms with E-state index < -0.39 is 6.03 Å². The Morgan fingerprint density at radius 3 is 2.24 bits per heavy atom. The molecular weight excluding hydrogens is 311 g/mol. The second-order valence-corrected chi connectivity index (χ2v) is 5.26. The smallest absolute Gasteiger partial charge is 0.323 e. The lowest BCUT2D eigenvalue weighted by Crippen LogP contribution is -2.20. The van der Waals surface area contributed by atoms with Crippen LogP contribution in [0.5, 0.6) is 5.75 Å². The van der Waals surface area contributed by atoms with Crippen molar-refractivity contribution in [2.45, 2.75) is 6.92 Å². The molecule has 2 aromatic carbocycles. The molecule has 2 rings (SSSR count). The summed E-state index contributed by atoms with van der Waals surface area (Å²) in [6, 6.07) is 9.86. The number of hydrogen-bond acceptors (Lipinski definition) is 2. The quantitative estimate of drug-likeness (QED) is 0.838. The van der Waals surface area contributed by atoms with Crippen molar-refractivity contribution in [3.63, 3.8) is 0 Å². The monoisotopic (exact) mass is 324 g/mol. The lowest BCUT2D eigenvalue weighted by Gasteiger charge is -2.13. The van der Waals surface area contributed by atoms with E-state index >= 15 is 0 Å². The molecule has 0 saturated carbocycles. The van der Waals surface area contributed by atoms with Gasteiger partial charge in [0.15, 0.2) is 0 Å². The second kappa shape index (κ2) is 6.70. The topological polar surface area (TPSA) is 50.4 Å². The summed E-state index contributed by atoms with van der Waals surface area (Å²) in [4.78, 5) is 12.1. The first kappa shape index (κ1) is 15.5. The van der Waals surface area contributed by atoms with E-state index in [4.69, 9.17) is 27.9 Å². The molecule has 4 nitrogen and oxygen atoms in total. The summed E-state index contributed by atoms with van der Waals surface area (Å²) >= 11 is 11.8. The van der Waals surface area contributed by atoms with Crippen molar-refractivity contribution >= 4 is 40.6 Å². The van der Waals surface area contributed by atoms with Crippen LogP contribution in [0, 0.1) is 6.92 Å². The van der Waals surface area contributed by atoms with Crippen LogP contribution in [0.25, 0.3) is 0 Å². The molecule has 0 radical (unpaired) electrons. The van der Waals surface area contributed by atoms with Crippen molar-refractivity contribution in [2.24, 2.45) is 0 Å². The number of hydrogen-bond donors (Lipinski definition) is 2. The summed E-state index contributed by atoms with van der Waals surface area (Å²) in [5.74, 6) is 0.525. The highest BCUT2D eigenvalue weighted by atomic mass is 35.5. The van der Waals surface area contributed by atoms with Crippen molar-refractivity contribution < 1.29 is 9.53 Å². The normalized spacial score (nSPS) is 10.1. The summed E-state index contributed by atoms with van der Waals surface area (Å²) in [7, 11) is 1.52. The Morgan fingerprint density at radius 2 is 1.57 bits per heavy atom. The molecule has 2 aromatic rings. The first-order valence-electron chi connectivity index (χ1n) is 6.17. The fourth-order valence-corrected chi connectivity index (χ4v) is 2.13. The van der Waals surface area contributed by atoms with Gasteiger partial charge < -0.3 is 15.4 Å². The van der Waals surface area contributed by atoms with E-state index in [0.717, 1.165) is 5.56 Å². The number of nitrogens with one attached hydrogen (secondary N) is 2. The van der Waals surface area contributed by atoms with E-state index in [1.165, 1.54) is 7.11 Å². The number of carbonyl (C=O) groups excluding carboxylic acids is 1. The zero-order valence-electron chi connectivity index (χ0n) is 11.5. The van der Waals surface area contributed by atoms with Crippen LogP contribution < -0.4 is 15.4 Å². The zero-order valence-corrected chi connectivity index (χ0v) is 13.0. The van der Waals surface area contributed by atoms with Gasteiger partial charge in [0.05, 0.1) is 12.8 Å². The maximum absolute atomic E-state index is 12.1. The minimum atomic E-state index is -0.402. The summed E-state index contributed by atoms with van der Waals surface area (Å²) in [5, 5.41) is 6.49. The van der Waals surface area contributed by atoms with Crippen molar-refractivity contribution in [1.29, 1.82) is 0 Å². The van der Waals surface area contributed by atoms with Crippen LogP contribution >= 0.6 is 23.2 Å². The Balaban J connectivity index is 2.15. The van der Waals surface area contributed by atoms with Crippen LogP contribution in [-0.4, -0.2) is 13.1 Å². The molecule has 21 heavy (non-hydrogen) atoms. The molecule has 2 amide bonds. The number of aryl methyl sites for hydroxylation is 1. The minimum Gasteiger partial charge on any atom is -0.495 e. The number of carbonyl (C=O) groups is 1. The van der Waals surface area contributed by atoms with Gasteiger partial charge >= 0.3 is 6.03 Å². The first-order chi connectivity index (χ1) is 9.99. The molecule has 0 aliphatic heterocycles. The molecule has 0 spiro atoms. The fraction of sp³-hybridized carbons (Fsp3) is 0.133. The second-order valence-electron chi connectivity index (χ2n) is 4.38. The van der Waals surface area contributed by atoms with E-state index in [0.29, 0.717) is 27.2 Å². The molecule has 0 heterocycles. The van der Waals surface area contributed by atoms with Gasteiger partial charge in [-0.2, -0.15) is 0 Å². The third-order valence-electron chi connectivity index (χ3n) is 2.86. The molecule has 2 N–H and O–H groups in total. The van der Waals surface area contributed by atoms with Gasteiger partial charge in [0, 0.05) is 15.7 Å². The molecule has 6 heteroatoms. The number of methoxy groups -OCH3 is 1. The molecule has 110 valence electrons. The number of benzene rings is 2.